The molecule has 0 bridgehead atoms. The second-order valence-corrected chi connectivity index (χ2v) is 8.48. The van der Waals surface area contributed by atoms with E-state index in [9.17, 15) is 0 Å². The van der Waals surface area contributed by atoms with Gasteiger partial charge in [-0.25, -0.2) is 19.9 Å². The van der Waals surface area contributed by atoms with E-state index in [-0.39, 0.29) is 6.04 Å². The van der Waals surface area contributed by atoms with Crippen molar-refractivity contribution in [2.45, 2.75) is 44.2 Å². The third-order valence-electron chi connectivity index (χ3n) is 6.25. The molecule has 1 saturated carbocycles. The normalized spacial score (nSPS) is 17.8. The number of nitrogens with one attached hydrogen (secondary N) is 1. The molecule has 4 aromatic rings. The van der Waals surface area contributed by atoms with Gasteiger partial charge in [-0.3, -0.25) is 0 Å². The lowest BCUT2D eigenvalue weighted by atomic mass is 10.1. The lowest BCUT2D eigenvalue weighted by molar-refractivity contribution is 0.713. The molecule has 1 fully saturated rings. The summed E-state index contributed by atoms with van der Waals surface area (Å²) in [6.07, 6.45) is 10.2. The molecule has 5 N–H and O–H groups in total. The van der Waals surface area contributed by atoms with Crippen LogP contribution in [0.15, 0.2) is 43.0 Å². The highest BCUT2D eigenvalue weighted by Gasteiger charge is 2.24. The first-order chi connectivity index (χ1) is 15.1. The van der Waals surface area contributed by atoms with Crippen LogP contribution in [0.4, 0.5) is 11.6 Å². The van der Waals surface area contributed by atoms with Gasteiger partial charge in [0.05, 0.1) is 23.6 Å². The summed E-state index contributed by atoms with van der Waals surface area (Å²) in [5.41, 5.74) is 19.3. The van der Waals surface area contributed by atoms with Crippen molar-refractivity contribution in [3.05, 3.63) is 65.4 Å². The Morgan fingerprint density at radius 3 is 2.81 bits per heavy atom. The molecular formula is C23H24N8. The van der Waals surface area contributed by atoms with Crippen LogP contribution in [0, 0.1) is 0 Å². The Hall–Kier alpha value is -3.52. The maximum atomic E-state index is 6.23. The second kappa shape index (κ2) is 7.02. The van der Waals surface area contributed by atoms with Crippen LogP contribution in [-0.2, 0) is 13.0 Å². The van der Waals surface area contributed by atoms with Crippen molar-refractivity contribution in [2.24, 2.45) is 5.73 Å². The van der Waals surface area contributed by atoms with Gasteiger partial charge in [0.1, 0.15) is 23.6 Å². The van der Waals surface area contributed by atoms with Crippen molar-refractivity contribution in [2.75, 3.05) is 11.1 Å². The molecule has 6 rings (SSSR count). The Balaban J connectivity index is 1.22. The summed E-state index contributed by atoms with van der Waals surface area (Å²) in [5, 5.41) is 3.35. The molecule has 0 aromatic carbocycles. The topological polar surface area (TPSA) is 120 Å². The van der Waals surface area contributed by atoms with Crippen molar-refractivity contribution in [1.82, 2.24) is 24.3 Å². The first-order valence-corrected chi connectivity index (χ1v) is 10.7. The fourth-order valence-electron chi connectivity index (χ4n) is 4.38. The Morgan fingerprint density at radius 1 is 1.03 bits per heavy atom. The van der Waals surface area contributed by atoms with Crippen LogP contribution in [-0.4, -0.2) is 24.3 Å². The number of aromatic nitrogens is 5. The number of imidazole rings is 1. The summed E-state index contributed by atoms with van der Waals surface area (Å²) in [6.45, 7) is 0.571. The zero-order valence-electron chi connectivity index (χ0n) is 17.1. The summed E-state index contributed by atoms with van der Waals surface area (Å²) < 4.78 is 2.11. The third-order valence-corrected chi connectivity index (χ3v) is 6.25. The van der Waals surface area contributed by atoms with E-state index < -0.39 is 0 Å². The van der Waals surface area contributed by atoms with E-state index in [4.69, 9.17) is 16.5 Å². The van der Waals surface area contributed by atoms with Crippen molar-refractivity contribution >= 4 is 17.3 Å². The standard InChI is InChI=1S/C23H24N8/c24-18-5-4-16-17(18)7-20(30-23(16)25)19-8-21(28-12-27-19)26-9-15-11-31-10-14(13-1-2-13)3-6-22(31)29-15/h3,6-8,10-13,18H,1-2,4-5,9,24H2,(H2,25,30)(H,26,27,28). The van der Waals surface area contributed by atoms with Crippen LogP contribution in [0.5, 0.6) is 0 Å². The van der Waals surface area contributed by atoms with Gasteiger partial charge in [-0.1, -0.05) is 6.07 Å². The molecule has 2 aliphatic carbocycles. The van der Waals surface area contributed by atoms with E-state index >= 15 is 0 Å². The lowest BCUT2D eigenvalue weighted by Gasteiger charge is -2.10. The number of nitrogen functional groups attached to an aromatic ring is 1. The second-order valence-electron chi connectivity index (χ2n) is 8.48. The van der Waals surface area contributed by atoms with E-state index in [0.717, 1.165) is 52.6 Å². The smallest absolute Gasteiger partial charge is 0.137 e. The molecule has 4 aromatic heterocycles. The first kappa shape index (κ1) is 18.3. The summed E-state index contributed by atoms with van der Waals surface area (Å²) in [5.74, 6) is 1.99. The maximum Gasteiger partial charge on any atom is 0.137 e. The molecule has 31 heavy (non-hydrogen) atoms. The van der Waals surface area contributed by atoms with Crippen molar-refractivity contribution in [3.63, 3.8) is 0 Å². The maximum absolute atomic E-state index is 6.23. The fourth-order valence-corrected chi connectivity index (χ4v) is 4.38. The number of fused-ring (bicyclic) bond motifs is 2. The molecule has 0 spiro atoms. The molecule has 0 saturated heterocycles. The molecule has 0 aliphatic heterocycles. The van der Waals surface area contributed by atoms with E-state index in [1.54, 1.807) is 0 Å². The Kier molecular flexibility index (Phi) is 4.14. The van der Waals surface area contributed by atoms with Gasteiger partial charge in [-0.15, -0.1) is 0 Å². The van der Waals surface area contributed by atoms with Gasteiger partial charge < -0.3 is 21.2 Å². The average molecular weight is 413 g/mol. The number of rotatable bonds is 5. The van der Waals surface area contributed by atoms with E-state index in [0.29, 0.717) is 18.2 Å². The van der Waals surface area contributed by atoms with E-state index in [2.05, 4.69) is 49.2 Å². The van der Waals surface area contributed by atoms with Crippen LogP contribution in [0.1, 0.15) is 53.6 Å². The van der Waals surface area contributed by atoms with E-state index in [1.165, 1.54) is 24.7 Å². The van der Waals surface area contributed by atoms with Crippen molar-refractivity contribution in [1.29, 1.82) is 0 Å². The molecular weight excluding hydrogens is 388 g/mol. The lowest BCUT2D eigenvalue weighted by Crippen LogP contribution is -2.07. The van der Waals surface area contributed by atoms with E-state index in [1.807, 2.05) is 12.1 Å². The average Bonchev–Trinajstić information content (AvgIpc) is 3.45. The highest BCUT2D eigenvalue weighted by atomic mass is 15.1. The zero-order chi connectivity index (χ0) is 20.9. The highest BCUT2D eigenvalue weighted by Crippen LogP contribution is 2.40. The summed E-state index contributed by atoms with van der Waals surface area (Å²) in [6, 6.07) is 8.18. The summed E-state index contributed by atoms with van der Waals surface area (Å²) in [7, 11) is 0. The predicted octanol–water partition coefficient (Wildman–Crippen LogP) is 3.20. The Bertz CT molecular complexity index is 1290. The molecule has 2 aliphatic rings. The largest absolute Gasteiger partial charge is 0.383 e. The number of hydrogen-bond donors (Lipinski definition) is 3. The quantitative estimate of drug-likeness (QED) is 0.460. The van der Waals surface area contributed by atoms with Gasteiger partial charge in [0.15, 0.2) is 0 Å². The zero-order valence-corrected chi connectivity index (χ0v) is 17.1. The molecule has 8 heteroatoms. The van der Waals surface area contributed by atoms with Gasteiger partial charge in [0.25, 0.3) is 0 Å². The molecule has 0 radical (unpaired) electrons. The molecule has 1 unspecified atom stereocenters. The number of pyridine rings is 2. The van der Waals surface area contributed by atoms with Gasteiger partial charge in [0, 0.05) is 24.5 Å². The number of nitrogens with zero attached hydrogens (tertiary/aromatic N) is 5. The molecule has 8 nitrogen and oxygen atoms in total. The van der Waals surface area contributed by atoms with Gasteiger partial charge in [-0.2, -0.15) is 0 Å². The highest BCUT2D eigenvalue weighted by molar-refractivity contribution is 5.64. The fraction of sp³-hybridized carbons (Fsp3) is 0.304. The minimum Gasteiger partial charge on any atom is -0.383 e. The van der Waals surface area contributed by atoms with Crippen molar-refractivity contribution < 1.29 is 0 Å². The first-order valence-electron chi connectivity index (χ1n) is 10.7. The molecule has 1 atom stereocenters. The predicted molar refractivity (Wildman–Crippen MR) is 119 cm³/mol. The number of nitrogens with two attached hydrogens (primary N) is 2. The molecule has 156 valence electrons. The Labute approximate surface area is 179 Å². The van der Waals surface area contributed by atoms with Gasteiger partial charge in [0.2, 0.25) is 0 Å². The minimum atomic E-state index is 0.00830. The number of hydrogen-bond acceptors (Lipinski definition) is 7. The third kappa shape index (κ3) is 3.38. The monoisotopic (exact) mass is 412 g/mol. The van der Waals surface area contributed by atoms with Gasteiger partial charge in [-0.05, 0) is 60.4 Å². The Morgan fingerprint density at radius 2 is 1.94 bits per heavy atom. The summed E-state index contributed by atoms with van der Waals surface area (Å²) in [4.78, 5) is 18.0. The van der Waals surface area contributed by atoms with Crippen molar-refractivity contribution in [3.8, 4) is 11.4 Å². The van der Waals surface area contributed by atoms with Crippen LogP contribution in [0.2, 0.25) is 0 Å². The summed E-state index contributed by atoms with van der Waals surface area (Å²) >= 11 is 0. The van der Waals surface area contributed by atoms with Crippen LogP contribution < -0.4 is 16.8 Å². The molecule has 0 amide bonds. The minimum absolute atomic E-state index is 0.00830. The van der Waals surface area contributed by atoms with Crippen LogP contribution >= 0.6 is 0 Å². The van der Waals surface area contributed by atoms with Gasteiger partial charge >= 0.3 is 0 Å². The number of anilines is 2. The van der Waals surface area contributed by atoms with Crippen LogP contribution in [0.3, 0.4) is 0 Å². The SMILES string of the molecule is Nc1nc(-c2cc(NCc3cn4cc(C5CC5)ccc4n3)ncn2)cc2c1CCC2N. The molecule has 4 heterocycles. The van der Waals surface area contributed by atoms with Crippen LogP contribution in [0.25, 0.3) is 17.0 Å².